The Morgan fingerprint density at radius 3 is 2.94 bits per heavy atom. The van der Waals surface area contributed by atoms with Crippen LogP contribution in [0.5, 0.6) is 0 Å². The fourth-order valence-electron chi connectivity index (χ4n) is 1.51. The summed E-state index contributed by atoms with van der Waals surface area (Å²) in [6.07, 6.45) is 4.25. The van der Waals surface area contributed by atoms with Crippen LogP contribution in [0.1, 0.15) is 50.4 Å². The van der Waals surface area contributed by atoms with Crippen molar-refractivity contribution in [3.8, 4) is 0 Å². The summed E-state index contributed by atoms with van der Waals surface area (Å²) < 4.78 is 9.71. The van der Waals surface area contributed by atoms with Gasteiger partial charge in [0.15, 0.2) is 19.7 Å². The Morgan fingerprint density at radius 2 is 2.25 bits per heavy atom. The molecule has 1 radical (unpaired) electrons. The van der Waals surface area contributed by atoms with Gasteiger partial charge < -0.3 is 19.2 Å². The van der Waals surface area contributed by atoms with E-state index in [2.05, 4.69) is 11.6 Å². The first-order valence-corrected chi connectivity index (χ1v) is 5.63. The highest BCUT2D eigenvalue weighted by atomic mass is 16.6. The second-order valence-corrected chi connectivity index (χ2v) is 3.70. The van der Waals surface area contributed by atoms with E-state index in [0.717, 1.165) is 18.6 Å². The van der Waals surface area contributed by atoms with Crippen molar-refractivity contribution in [2.75, 3.05) is 0 Å². The second-order valence-electron chi connectivity index (χ2n) is 3.70. The van der Waals surface area contributed by atoms with E-state index in [1.807, 2.05) is 0 Å². The molecule has 5 heteroatoms. The SMILES string of the molecule is CCCCCCc1ccc(C(O)O[B][O-])o1. The molecule has 0 saturated carbocycles. The Kier molecular flexibility index (Phi) is 6.22. The lowest BCUT2D eigenvalue weighted by Gasteiger charge is -2.11. The van der Waals surface area contributed by atoms with Crippen LogP contribution in [0.15, 0.2) is 16.5 Å². The molecule has 4 nitrogen and oxygen atoms in total. The maximum atomic E-state index is 10.0. The zero-order chi connectivity index (χ0) is 11.8. The van der Waals surface area contributed by atoms with Gasteiger partial charge in [-0.15, -0.1) is 0 Å². The summed E-state index contributed by atoms with van der Waals surface area (Å²) in [5.74, 6) is 1.09. The quantitative estimate of drug-likeness (QED) is 0.410. The number of rotatable bonds is 8. The lowest BCUT2D eigenvalue weighted by atomic mass is 10.1. The lowest BCUT2D eigenvalue weighted by Crippen LogP contribution is -2.18. The average molecular weight is 224 g/mol. The minimum atomic E-state index is -1.29. The normalized spacial score (nSPS) is 12.7. The van der Waals surface area contributed by atoms with Crippen molar-refractivity contribution in [2.45, 2.75) is 45.3 Å². The monoisotopic (exact) mass is 224 g/mol. The molecule has 0 aliphatic heterocycles. The Morgan fingerprint density at radius 1 is 1.44 bits per heavy atom. The standard InChI is InChI=1S/C11H17BO4/c1-2-3-4-5-6-9-7-8-10(15-9)11(13)16-12-14/h7-8,11,13H,2-6H2,1H3/q-1. The van der Waals surface area contributed by atoms with E-state index in [1.54, 1.807) is 12.1 Å². The Labute approximate surface area is 96.5 Å². The highest BCUT2D eigenvalue weighted by Crippen LogP contribution is 2.18. The van der Waals surface area contributed by atoms with Crippen LogP contribution in [-0.2, 0) is 11.1 Å². The largest absolute Gasteiger partial charge is 0.861 e. The fraction of sp³-hybridized carbons (Fsp3) is 0.636. The Bertz CT molecular complexity index is 287. The molecule has 1 atom stereocenters. The Balaban J connectivity index is 2.33. The molecule has 0 saturated heterocycles. The lowest BCUT2D eigenvalue weighted by molar-refractivity contribution is -0.225. The molecule has 0 spiro atoms. The van der Waals surface area contributed by atoms with Crippen molar-refractivity contribution in [1.82, 2.24) is 0 Å². The predicted octanol–water partition coefficient (Wildman–Crippen LogP) is 1.30. The van der Waals surface area contributed by atoms with Gasteiger partial charge in [0.2, 0.25) is 0 Å². The number of hydrogen-bond acceptors (Lipinski definition) is 4. The van der Waals surface area contributed by atoms with Crippen LogP contribution in [0.2, 0.25) is 0 Å². The number of unbranched alkanes of at least 4 members (excludes halogenated alkanes) is 3. The van der Waals surface area contributed by atoms with Gasteiger partial charge in [-0.1, -0.05) is 26.2 Å². The average Bonchev–Trinajstić information content (AvgIpc) is 2.73. The minimum Gasteiger partial charge on any atom is -0.861 e. The van der Waals surface area contributed by atoms with Gasteiger partial charge in [-0.3, -0.25) is 0 Å². The first-order valence-electron chi connectivity index (χ1n) is 5.63. The van der Waals surface area contributed by atoms with E-state index in [4.69, 9.17) is 4.42 Å². The van der Waals surface area contributed by atoms with Gasteiger partial charge >= 0.3 is 0 Å². The molecule has 0 aliphatic carbocycles. The molecule has 89 valence electrons. The molecule has 0 aromatic carbocycles. The van der Waals surface area contributed by atoms with E-state index in [-0.39, 0.29) is 13.4 Å². The van der Waals surface area contributed by atoms with E-state index in [0.29, 0.717) is 0 Å². The van der Waals surface area contributed by atoms with Crippen LogP contribution in [-0.4, -0.2) is 12.8 Å². The maximum Gasteiger partial charge on any atom is 0.199 e. The van der Waals surface area contributed by atoms with Crippen LogP contribution in [0.4, 0.5) is 0 Å². The molecule has 0 fully saturated rings. The molecule has 1 heterocycles. The van der Waals surface area contributed by atoms with E-state index in [9.17, 15) is 10.1 Å². The zero-order valence-electron chi connectivity index (χ0n) is 9.52. The van der Waals surface area contributed by atoms with Crippen LogP contribution in [0, 0.1) is 0 Å². The van der Waals surface area contributed by atoms with Crippen LogP contribution >= 0.6 is 0 Å². The van der Waals surface area contributed by atoms with Crippen molar-refractivity contribution in [1.29, 1.82) is 0 Å². The van der Waals surface area contributed by atoms with Gasteiger partial charge in [0.25, 0.3) is 0 Å². The highest BCUT2D eigenvalue weighted by molar-refractivity contribution is 6.13. The van der Waals surface area contributed by atoms with Gasteiger partial charge in [-0.25, -0.2) is 0 Å². The molecule has 1 unspecified atom stereocenters. The van der Waals surface area contributed by atoms with Crippen molar-refractivity contribution < 1.29 is 19.2 Å². The smallest absolute Gasteiger partial charge is 0.199 e. The van der Waals surface area contributed by atoms with Crippen LogP contribution in [0.3, 0.4) is 0 Å². The number of aryl methyl sites for hydroxylation is 1. The van der Waals surface area contributed by atoms with E-state index in [1.165, 1.54) is 19.3 Å². The first-order chi connectivity index (χ1) is 7.77. The summed E-state index contributed by atoms with van der Waals surface area (Å²) in [6, 6.07) is 3.43. The maximum absolute atomic E-state index is 10.0. The second kappa shape index (κ2) is 7.49. The summed E-state index contributed by atoms with van der Waals surface area (Å²) >= 11 is 0. The zero-order valence-corrected chi connectivity index (χ0v) is 9.52. The molecule has 1 aromatic rings. The van der Waals surface area contributed by atoms with E-state index < -0.39 is 6.29 Å². The van der Waals surface area contributed by atoms with Crippen molar-refractivity contribution in [2.24, 2.45) is 0 Å². The topological polar surface area (TPSA) is 65.7 Å². The molecule has 0 aliphatic rings. The fourth-order valence-corrected chi connectivity index (χ4v) is 1.51. The molecular weight excluding hydrogens is 207 g/mol. The number of aliphatic hydroxyl groups excluding tert-OH is 1. The third kappa shape index (κ3) is 4.39. The molecule has 0 bridgehead atoms. The number of furan rings is 1. The van der Waals surface area contributed by atoms with Gasteiger partial charge in [-0.2, -0.15) is 0 Å². The van der Waals surface area contributed by atoms with Crippen molar-refractivity contribution in [3.05, 3.63) is 23.7 Å². The van der Waals surface area contributed by atoms with Crippen molar-refractivity contribution >= 4 is 7.69 Å². The molecule has 1 N–H and O–H groups in total. The van der Waals surface area contributed by atoms with Crippen LogP contribution < -0.4 is 5.02 Å². The summed E-state index contributed by atoms with van der Waals surface area (Å²) in [7, 11) is 0.202. The number of aliphatic hydroxyl groups is 1. The third-order valence-electron chi connectivity index (χ3n) is 2.39. The summed E-state index contributed by atoms with van der Waals surface area (Å²) in [5.41, 5.74) is 0. The predicted molar refractivity (Wildman–Crippen MR) is 58.4 cm³/mol. The van der Waals surface area contributed by atoms with Crippen molar-refractivity contribution in [3.63, 3.8) is 0 Å². The molecular formula is C11H17BO4-. The summed E-state index contributed by atoms with van der Waals surface area (Å²) in [5, 5.41) is 19.3. The third-order valence-corrected chi connectivity index (χ3v) is 2.39. The van der Waals surface area contributed by atoms with Gasteiger partial charge in [0.05, 0.1) is 0 Å². The molecule has 16 heavy (non-hydrogen) atoms. The Hall–Kier alpha value is -0.775. The van der Waals surface area contributed by atoms with E-state index >= 15 is 0 Å². The van der Waals surface area contributed by atoms with Gasteiger partial charge in [-0.05, 0) is 18.6 Å². The first kappa shape index (κ1) is 13.3. The summed E-state index contributed by atoms with van der Waals surface area (Å²) in [6.45, 7) is 2.16. The highest BCUT2D eigenvalue weighted by Gasteiger charge is 2.10. The molecule has 1 aromatic heterocycles. The van der Waals surface area contributed by atoms with Crippen LogP contribution in [0.25, 0.3) is 0 Å². The van der Waals surface area contributed by atoms with Gasteiger partial charge in [0.1, 0.15) is 5.76 Å². The molecule has 1 rings (SSSR count). The van der Waals surface area contributed by atoms with Gasteiger partial charge in [0, 0.05) is 6.42 Å². The number of hydrogen-bond donors (Lipinski definition) is 1. The minimum absolute atomic E-state index is 0.202. The summed E-state index contributed by atoms with van der Waals surface area (Å²) in [4.78, 5) is 0. The molecule has 0 amide bonds.